The second-order valence-electron chi connectivity index (χ2n) is 6.41. The van der Waals surface area contributed by atoms with Gasteiger partial charge in [-0.25, -0.2) is 4.79 Å². The largest absolute Gasteiger partial charge is 0.457 e. The first-order valence-corrected chi connectivity index (χ1v) is 8.98. The van der Waals surface area contributed by atoms with Crippen LogP contribution in [0.2, 0.25) is 0 Å². The molecule has 1 N–H and O–H groups in total. The van der Waals surface area contributed by atoms with Gasteiger partial charge >= 0.3 is 5.97 Å². The topological polar surface area (TPSA) is 67.9 Å². The molecule has 3 heterocycles. The number of benzene rings is 1. The summed E-state index contributed by atoms with van der Waals surface area (Å²) in [7, 11) is 0. The number of aromatic amines is 1. The summed E-state index contributed by atoms with van der Waals surface area (Å²) in [4.78, 5) is 24.6. The molecule has 0 radical (unpaired) electrons. The normalized spacial score (nSPS) is 10.6. The molecular formula is C23H19N3O2. The third-order valence-corrected chi connectivity index (χ3v) is 4.60. The molecule has 0 aliphatic rings. The number of H-pyrrole nitrogens is 1. The van der Waals surface area contributed by atoms with Crippen molar-refractivity contribution in [3.05, 3.63) is 96.1 Å². The number of aromatic nitrogens is 3. The van der Waals surface area contributed by atoms with Crippen molar-refractivity contribution in [2.45, 2.75) is 13.5 Å². The van der Waals surface area contributed by atoms with Gasteiger partial charge in [-0.3, -0.25) is 9.97 Å². The lowest BCUT2D eigenvalue weighted by Gasteiger charge is -2.07. The molecule has 5 heteroatoms. The van der Waals surface area contributed by atoms with E-state index in [1.54, 1.807) is 24.8 Å². The highest BCUT2D eigenvalue weighted by Gasteiger charge is 2.23. The Kier molecular flexibility index (Phi) is 4.97. The molecule has 0 aliphatic carbocycles. The third kappa shape index (κ3) is 3.55. The molecule has 28 heavy (non-hydrogen) atoms. The van der Waals surface area contributed by atoms with Gasteiger partial charge in [0.05, 0.1) is 11.3 Å². The van der Waals surface area contributed by atoms with Crippen molar-refractivity contribution < 1.29 is 9.53 Å². The highest BCUT2D eigenvalue weighted by atomic mass is 16.5. The monoisotopic (exact) mass is 369 g/mol. The van der Waals surface area contributed by atoms with Gasteiger partial charge in [0.1, 0.15) is 6.61 Å². The molecule has 0 saturated heterocycles. The number of pyridine rings is 2. The molecule has 0 fully saturated rings. The van der Waals surface area contributed by atoms with Crippen LogP contribution in [0.25, 0.3) is 22.5 Å². The summed E-state index contributed by atoms with van der Waals surface area (Å²) in [6.45, 7) is 2.15. The van der Waals surface area contributed by atoms with Gasteiger partial charge in [0, 0.05) is 41.6 Å². The molecule has 0 bridgehead atoms. The fraction of sp³-hybridized carbons (Fsp3) is 0.0870. The van der Waals surface area contributed by atoms with Crippen LogP contribution in [0.3, 0.4) is 0 Å². The molecule has 0 aliphatic heterocycles. The molecule has 0 spiro atoms. The van der Waals surface area contributed by atoms with E-state index in [4.69, 9.17) is 4.74 Å². The Morgan fingerprint density at radius 2 is 1.43 bits per heavy atom. The molecule has 1 aromatic carbocycles. The van der Waals surface area contributed by atoms with E-state index in [-0.39, 0.29) is 12.6 Å². The number of hydrogen-bond donors (Lipinski definition) is 1. The third-order valence-electron chi connectivity index (χ3n) is 4.60. The quantitative estimate of drug-likeness (QED) is 0.513. The first kappa shape index (κ1) is 17.7. The summed E-state index contributed by atoms with van der Waals surface area (Å²) < 4.78 is 5.62. The second kappa shape index (κ2) is 7.88. The smallest absolute Gasteiger partial charge is 0.340 e. The summed E-state index contributed by atoms with van der Waals surface area (Å²) in [6, 6.07) is 17.2. The Morgan fingerprint density at radius 1 is 0.857 bits per heavy atom. The van der Waals surface area contributed by atoms with Crippen molar-refractivity contribution in [1.82, 2.24) is 15.0 Å². The Bertz CT molecular complexity index is 1080. The average Bonchev–Trinajstić information content (AvgIpc) is 3.11. The van der Waals surface area contributed by atoms with Crippen LogP contribution in [0.1, 0.15) is 21.5 Å². The molecule has 5 nitrogen and oxygen atoms in total. The predicted molar refractivity (Wildman–Crippen MR) is 108 cm³/mol. The van der Waals surface area contributed by atoms with E-state index in [0.717, 1.165) is 33.6 Å². The minimum Gasteiger partial charge on any atom is -0.457 e. The summed E-state index contributed by atoms with van der Waals surface area (Å²) >= 11 is 0. The van der Waals surface area contributed by atoms with E-state index in [1.165, 1.54) is 0 Å². The van der Waals surface area contributed by atoms with Crippen molar-refractivity contribution in [1.29, 1.82) is 0 Å². The SMILES string of the molecule is Cc1c(-c2ccncc2)[nH]c(-c2ccncc2)c1C(=O)OCc1ccccc1. The maximum absolute atomic E-state index is 13.0. The molecule has 0 saturated carbocycles. The van der Waals surface area contributed by atoms with Crippen molar-refractivity contribution in [2.75, 3.05) is 0 Å². The molecule has 138 valence electrons. The fourth-order valence-corrected chi connectivity index (χ4v) is 3.19. The van der Waals surface area contributed by atoms with Crippen LogP contribution in [-0.4, -0.2) is 20.9 Å². The molecular weight excluding hydrogens is 350 g/mol. The lowest BCUT2D eigenvalue weighted by atomic mass is 10.0. The molecule has 0 unspecified atom stereocenters. The number of rotatable bonds is 5. The van der Waals surface area contributed by atoms with Crippen LogP contribution in [0.15, 0.2) is 79.4 Å². The summed E-state index contributed by atoms with van der Waals surface area (Å²) in [5, 5.41) is 0. The minimum atomic E-state index is -0.357. The van der Waals surface area contributed by atoms with E-state index in [2.05, 4.69) is 15.0 Å². The first-order chi connectivity index (χ1) is 13.7. The molecule has 4 aromatic rings. The predicted octanol–water partition coefficient (Wildman–Crippen LogP) is 4.80. The van der Waals surface area contributed by atoms with Crippen LogP contribution in [0.5, 0.6) is 0 Å². The van der Waals surface area contributed by atoms with E-state index in [9.17, 15) is 4.79 Å². The summed E-state index contributed by atoms with van der Waals surface area (Å²) in [5.41, 5.74) is 5.77. The number of hydrogen-bond acceptors (Lipinski definition) is 4. The molecule has 0 amide bonds. The molecule has 4 rings (SSSR count). The van der Waals surface area contributed by atoms with Crippen molar-refractivity contribution in [3.8, 4) is 22.5 Å². The van der Waals surface area contributed by atoms with E-state index in [1.807, 2.05) is 61.5 Å². The number of nitrogens with zero attached hydrogens (tertiary/aromatic N) is 2. The highest BCUT2D eigenvalue weighted by molar-refractivity contribution is 6.00. The van der Waals surface area contributed by atoms with E-state index < -0.39 is 0 Å². The zero-order valence-electron chi connectivity index (χ0n) is 15.4. The van der Waals surface area contributed by atoms with Crippen molar-refractivity contribution >= 4 is 5.97 Å². The number of esters is 1. The second-order valence-corrected chi connectivity index (χ2v) is 6.41. The maximum atomic E-state index is 13.0. The Morgan fingerprint density at radius 3 is 2.04 bits per heavy atom. The number of nitrogens with one attached hydrogen (secondary N) is 1. The zero-order valence-corrected chi connectivity index (χ0v) is 15.4. The Balaban J connectivity index is 1.74. The van der Waals surface area contributed by atoms with Gasteiger partial charge in [-0.15, -0.1) is 0 Å². The van der Waals surface area contributed by atoms with Crippen molar-refractivity contribution in [3.63, 3.8) is 0 Å². The minimum absolute atomic E-state index is 0.227. The van der Waals surface area contributed by atoms with Crippen LogP contribution in [-0.2, 0) is 11.3 Å². The van der Waals surface area contributed by atoms with Gasteiger partial charge in [0.2, 0.25) is 0 Å². The Labute approximate surface area is 163 Å². The van der Waals surface area contributed by atoms with Gasteiger partial charge in [0.15, 0.2) is 0 Å². The lowest BCUT2D eigenvalue weighted by Crippen LogP contribution is -2.07. The van der Waals surface area contributed by atoms with Crippen LogP contribution >= 0.6 is 0 Å². The number of carbonyl (C=O) groups is 1. The van der Waals surface area contributed by atoms with Crippen LogP contribution < -0.4 is 0 Å². The standard InChI is InChI=1S/C23H19N3O2/c1-16-20(23(27)28-15-17-5-3-2-4-6-17)22(19-9-13-25-14-10-19)26-21(16)18-7-11-24-12-8-18/h2-14,26H,15H2,1H3. The zero-order chi connectivity index (χ0) is 19.3. The Hall–Kier alpha value is -3.73. The van der Waals surface area contributed by atoms with Crippen molar-refractivity contribution in [2.24, 2.45) is 0 Å². The van der Waals surface area contributed by atoms with Gasteiger partial charge in [0.25, 0.3) is 0 Å². The summed E-state index contributed by atoms with van der Waals surface area (Å²) in [5.74, 6) is -0.357. The van der Waals surface area contributed by atoms with E-state index >= 15 is 0 Å². The van der Waals surface area contributed by atoms with Gasteiger partial charge in [-0.05, 0) is 42.3 Å². The molecule has 0 atom stereocenters. The van der Waals surface area contributed by atoms with Gasteiger partial charge < -0.3 is 9.72 Å². The van der Waals surface area contributed by atoms with Gasteiger partial charge in [-0.2, -0.15) is 0 Å². The van der Waals surface area contributed by atoms with Crippen LogP contribution in [0.4, 0.5) is 0 Å². The lowest BCUT2D eigenvalue weighted by molar-refractivity contribution is 0.0473. The van der Waals surface area contributed by atoms with Gasteiger partial charge in [-0.1, -0.05) is 30.3 Å². The number of ether oxygens (including phenoxy) is 1. The van der Waals surface area contributed by atoms with E-state index in [0.29, 0.717) is 5.56 Å². The first-order valence-electron chi connectivity index (χ1n) is 8.98. The average molecular weight is 369 g/mol. The maximum Gasteiger partial charge on any atom is 0.340 e. The van der Waals surface area contributed by atoms with Crippen LogP contribution in [0, 0.1) is 6.92 Å². The fourth-order valence-electron chi connectivity index (χ4n) is 3.19. The highest BCUT2D eigenvalue weighted by Crippen LogP contribution is 2.33. The molecule has 3 aromatic heterocycles. The number of carbonyl (C=O) groups excluding carboxylic acids is 1. The summed E-state index contributed by atoms with van der Waals surface area (Å²) in [6.07, 6.45) is 6.87.